The SMILES string of the molecule is COc1cccc(C(=O)NC[C@H]2CN(c3cccc(Cl)c3)C(=O)O2)c1OC. The molecule has 2 aromatic rings. The van der Waals surface area contributed by atoms with Crippen LogP contribution in [0.15, 0.2) is 42.5 Å². The number of ether oxygens (including phenoxy) is 3. The molecule has 1 aliphatic rings. The van der Waals surface area contributed by atoms with E-state index >= 15 is 0 Å². The summed E-state index contributed by atoms with van der Waals surface area (Å²) in [6.07, 6.45) is -0.951. The van der Waals surface area contributed by atoms with Crippen molar-refractivity contribution < 1.29 is 23.8 Å². The summed E-state index contributed by atoms with van der Waals surface area (Å²) in [6.45, 7) is 0.483. The minimum atomic E-state index is -0.476. The van der Waals surface area contributed by atoms with Crippen molar-refractivity contribution in [2.45, 2.75) is 6.10 Å². The van der Waals surface area contributed by atoms with Gasteiger partial charge in [-0.25, -0.2) is 4.79 Å². The molecule has 1 N–H and O–H groups in total. The molecule has 0 aliphatic carbocycles. The molecule has 0 aromatic heterocycles. The number of para-hydroxylation sites is 1. The number of nitrogens with zero attached hydrogens (tertiary/aromatic N) is 1. The largest absolute Gasteiger partial charge is 0.493 e. The molecule has 27 heavy (non-hydrogen) atoms. The fraction of sp³-hybridized carbons (Fsp3) is 0.263. The predicted molar refractivity (Wildman–Crippen MR) is 101 cm³/mol. The Balaban J connectivity index is 1.64. The first-order chi connectivity index (χ1) is 13.0. The van der Waals surface area contributed by atoms with Gasteiger partial charge in [0, 0.05) is 10.7 Å². The van der Waals surface area contributed by atoms with E-state index in [-0.39, 0.29) is 12.5 Å². The quantitative estimate of drug-likeness (QED) is 0.820. The number of cyclic esters (lactones) is 1. The van der Waals surface area contributed by atoms with Gasteiger partial charge in [-0.3, -0.25) is 9.69 Å². The van der Waals surface area contributed by atoms with Crippen molar-refractivity contribution in [1.82, 2.24) is 5.32 Å². The zero-order valence-electron chi connectivity index (χ0n) is 14.9. The van der Waals surface area contributed by atoms with Gasteiger partial charge < -0.3 is 19.5 Å². The minimum absolute atomic E-state index is 0.169. The zero-order chi connectivity index (χ0) is 19.4. The molecule has 1 saturated heterocycles. The van der Waals surface area contributed by atoms with Crippen LogP contribution >= 0.6 is 11.6 Å². The van der Waals surface area contributed by atoms with Gasteiger partial charge in [-0.1, -0.05) is 23.7 Å². The highest BCUT2D eigenvalue weighted by molar-refractivity contribution is 6.30. The molecule has 1 aliphatic heterocycles. The summed E-state index contributed by atoms with van der Waals surface area (Å²) in [6, 6.07) is 12.0. The van der Waals surface area contributed by atoms with E-state index in [1.807, 2.05) is 0 Å². The molecule has 2 amide bonds. The number of halogens is 1. The van der Waals surface area contributed by atoms with Crippen molar-refractivity contribution >= 4 is 29.3 Å². The van der Waals surface area contributed by atoms with E-state index in [1.54, 1.807) is 42.5 Å². The summed E-state index contributed by atoms with van der Waals surface area (Å²) >= 11 is 5.97. The molecule has 0 radical (unpaired) electrons. The van der Waals surface area contributed by atoms with Crippen LogP contribution in [-0.4, -0.2) is 45.4 Å². The van der Waals surface area contributed by atoms with Gasteiger partial charge in [0.2, 0.25) is 0 Å². The van der Waals surface area contributed by atoms with Gasteiger partial charge in [0.05, 0.1) is 32.9 Å². The third kappa shape index (κ3) is 4.09. The Labute approximate surface area is 161 Å². The number of benzene rings is 2. The van der Waals surface area contributed by atoms with Crippen LogP contribution < -0.4 is 19.7 Å². The summed E-state index contributed by atoms with van der Waals surface area (Å²) in [5, 5.41) is 3.30. The molecule has 1 fully saturated rings. The van der Waals surface area contributed by atoms with Crippen molar-refractivity contribution in [2.24, 2.45) is 0 Å². The zero-order valence-corrected chi connectivity index (χ0v) is 15.7. The third-order valence-corrected chi connectivity index (χ3v) is 4.37. The molecule has 2 aromatic carbocycles. The number of hydrogen-bond acceptors (Lipinski definition) is 5. The molecule has 0 bridgehead atoms. The smallest absolute Gasteiger partial charge is 0.414 e. The summed E-state index contributed by atoms with van der Waals surface area (Å²) in [5.41, 5.74) is 0.990. The second-order valence-electron chi connectivity index (χ2n) is 5.85. The number of anilines is 1. The first-order valence-electron chi connectivity index (χ1n) is 8.26. The molecule has 142 valence electrons. The summed E-state index contributed by atoms with van der Waals surface area (Å²) in [5.74, 6) is 0.467. The van der Waals surface area contributed by atoms with Crippen molar-refractivity contribution in [3.63, 3.8) is 0 Å². The second kappa shape index (κ2) is 8.18. The highest BCUT2D eigenvalue weighted by atomic mass is 35.5. The standard InChI is InChI=1S/C19H19ClN2O5/c1-25-16-8-4-7-15(17(16)26-2)18(23)21-10-14-11-22(19(24)27-14)13-6-3-5-12(20)9-13/h3-9,14H,10-11H2,1-2H3,(H,21,23)/t14-/m0/s1. The maximum atomic E-state index is 12.5. The lowest BCUT2D eigenvalue weighted by molar-refractivity contribution is 0.0912. The van der Waals surface area contributed by atoms with E-state index in [1.165, 1.54) is 19.1 Å². The fourth-order valence-electron chi connectivity index (χ4n) is 2.85. The number of hydrogen-bond donors (Lipinski definition) is 1. The molecule has 7 nitrogen and oxygen atoms in total. The average molecular weight is 391 g/mol. The maximum Gasteiger partial charge on any atom is 0.414 e. The monoisotopic (exact) mass is 390 g/mol. The molecule has 0 unspecified atom stereocenters. The highest BCUT2D eigenvalue weighted by Crippen LogP contribution is 2.30. The molecule has 8 heteroatoms. The minimum Gasteiger partial charge on any atom is -0.493 e. The van der Waals surface area contributed by atoms with Gasteiger partial charge >= 0.3 is 6.09 Å². The van der Waals surface area contributed by atoms with Gasteiger partial charge in [0.15, 0.2) is 11.5 Å². The molecule has 0 saturated carbocycles. The van der Waals surface area contributed by atoms with Crippen molar-refractivity contribution in [3.05, 3.63) is 53.1 Å². The van der Waals surface area contributed by atoms with Crippen LogP contribution in [0.1, 0.15) is 10.4 Å². The van der Waals surface area contributed by atoms with E-state index in [4.69, 9.17) is 25.8 Å². The Morgan fingerprint density at radius 3 is 2.74 bits per heavy atom. The van der Waals surface area contributed by atoms with Crippen LogP contribution in [0.2, 0.25) is 5.02 Å². The van der Waals surface area contributed by atoms with Crippen LogP contribution in [-0.2, 0) is 4.74 Å². The van der Waals surface area contributed by atoms with E-state index in [9.17, 15) is 9.59 Å². The number of carbonyl (C=O) groups excluding carboxylic acids is 2. The summed E-state index contributed by atoms with van der Waals surface area (Å²) in [4.78, 5) is 26.1. The van der Waals surface area contributed by atoms with Gasteiger partial charge in [-0.05, 0) is 30.3 Å². The van der Waals surface area contributed by atoms with E-state index in [2.05, 4.69) is 5.32 Å². The lowest BCUT2D eigenvalue weighted by Gasteiger charge is -2.14. The Bertz CT molecular complexity index is 858. The van der Waals surface area contributed by atoms with Crippen LogP contribution in [0.4, 0.5) is 10.5 Å². The normalized spacial score (nSPS) is 16.0. The lowest BCUT2D eigenvalue weighted by atomic mass is 10.1. The van der Waals surface area contributed by atoms with Gasteiger partial charge in [0.25, 0.3) is 5.91 Å². The maximum absolute atomic E-state index is 12.5. The third-order valence-electron chi connectivity index (χ3n) is 4.13. The number of rotatable bonds is 6. The Morgan fingerprint density at radius 2 is 2.04 bits per heavy atom. The Hall–Kier alpha value is -2.93. The van der Waals surface area contributed by atoms with Gasteiger partial charge in [-0.2, -0.15) is 0 Å². The fourth-order valence-corrected chi connectivity index (χ4v) is 3.03. The Kier molecular flexibility index (Phi) is 5.71. The molecule has 1 atom stereocenters. The van der Waals surface area contributed by atoms with Gasteiger partial charge in [-0.15, -0.1) is 0 Å². The molecule has 1 heterocycles. The molecule has 3 rings (SSSR count). The van der Waals surface area contributed by atoms with Gasteiger partial charge in [0.1, 0.15) is 6.10 Å². The summed E-state index contributed by atoms with van der Waals surface area (Å²) < 4.78 is 15.8. The van der Waals surface area contributed by atoms with Crippen LogP contribution in [0.25, 0.3) is 0 Å². The topological polar surface area (TPSA) is 77.1 Å². The average Bonchev–Trinajstić information content (AvgIpc) is 3.06. The van der Waals surface area contributed by atoms with Crippen molar-refractivity contribution in [1.29, 1.82) is 0 Å². The molecule has 0 spiro atoms. The van der Waals surface area contributed by atoms with E-state index in [0.717, 1.165) is 0 Å². The van der Waals surface area contributed by atoms with Crippen molar-refractivity contribution in [3.8, 4) is 11.5 Å². The van der Waals surface area contributed by atoms with Crippen molar-refractivity contribution in [2.75, 3.05) is 32.2 Å². The van der Waals surface area contributed by atoms with Crippen LogP contribution in [0, 0.1) is 0 Å². The van der Waals surface area contributed by atoms with E-state index < -0.39 is 12.2 Å². The first-order valence-corrected chi connectivity index (χ1v) is 8.64. The predicted octanol–water partition coefficient (Wildman–Crippen LogP) is 3.11. The highest BCUT2D eigenvalue weighted by Gasteiger charge is 2.32. The van der Waals surface area contributed by atoms with E-state index in [0.29, 0.717) is 34.3 Å². The molecular weight excluding hydrogens is 372 g/mol. The molecular formula is C19H19ClN2O5. The van der Waals surface area contributed by atoms with Crippen LogP contribution in [0.3, 0.4) is 0 Å². The lowest BCUT2D eigenvalue weighted by Crippen LogP contribution is -2.34. The number of amides is 2. The number of methoxy groups -OCH3 is 2. The first kappa shape index (κ1) is 18.8. The summed E-state index contributed by atoms with van der Waals surface area (Å²) in [7, 11) is 2.97. The Morgan fingerprint density at radius 1 is 1.26 bits per heavy atom. The van der Waals surface area contributed by atoms with Crippen LogP contribution in [0.5, 0.6) is 11.5 Å². The second-order valence-corrected chi connectivity index (χ2v) is 6.28. The number of nitrogens with one attached hydrogen (secondary N) is 1. The number of carbonyl (C=O) groups is 2.